The zero-order valence-corrected chi connectivity index (χ0v) is 19.1. The molecule has 146 valence electrons. The van der Waals surface area contributed by atoms with Crippen molar-refractivity contribution in [3.63, 3.8) is 0 Å². The molecule has 5 nitrogen and oxygen atoms in total. The van der Waals surface area contributed by atoms with E-state index < -0.39 is 5.91 Å². The molecule has 1 heterocycles. The van der Waals surface area contributed by atoms with Gasteiger partial charge >= 0.3 is 5.91 Å². The van der Waals surface area contributed by atoms with Crippen LogP contribution in [0, 0.1) is 6.92 Å². The first kappa shape index (κ1) is 20.6. The summed E-state index contributed by atoms with van der Waals surface area (Å²) in [5.41, 5.74) is 6.16. The monoisotopic (exact) mass is 506 g/mol. The summed E-state index contributed by atoms with van der Waals surface area (Å²) in [7, 11) is 1.67. The zero-order chi connectivity index (χ0) is 20.4. The highest BCUT2D eigenvalue weighted by atomic mass is 79.9. The predicted molar refractivity (Wildman–Crippen MR) is 118 cm³/mol. The second kappa shape index (κ2) is 8.49. The summed E-state index contributed by atoms with van der Waals surface area (Å²) in [6.07, 6.45) is 1.63. The average molecular weight is 508 g/mol. The molecule has 3 rings (SSSR count). The molecular weight excluding hydrogens is 488 g/mol. The van der Waals surface area contributed by atoms with Gasteiger partial charge in [-0.25, -0.2) is 5.43 Å². The number of aryl methyl sites for hydroxylation is 1. The van der Waals surface area contributed by atoms with Crippen LogP contribution in [0.2, 0.25) is 0 Å². The molecule has 0 saturated carbocycles. The van der Waals surface area contributed by atoms with Gasteiger partial charge in [0.25, 0.3) is 0 Å². The molecule has 0 unspecified atom stereocenters. The second-order valence-electron chi connectivity index (χ2n) is 6.72. The first-order valence-electron chi connectivity index (χ1n) is 8.70. The summed E-state index contributed by atoms with van der Waals surface area (Å²) in [4.78, 5) is 12.4. The van der Waals surface area contributed by atoms with Crippen molar-refractivity contribution < 1.29 is 13.9 Å². The van der Waals surface area contributed by atoms with Gasteiger partial charge in [-0.1, -0.05) is 29.8 Å². The lowest BCUT2D eigenvalue weighted by Crippen LogP contribution is -2.16. The van der Waals surface area contributed by atoms with E-state index in [0.29, 0.717) is 11.5 Å². The number of nitrogens with zero attached hydrogens (tertiary/aromatic N) is 1. The van der Waals surface area contributed by atoms with Gasteiger partial charge in [0.05, 0.1) is 17.8 Å². The third-order valence-electron chi connectivity index (χ3n) is 4.37. The first-order chi connectivity index (χ1) is 13.3. The number of rotatable bonds is 5. The van der Waals surface area contributed by atoms with Gasteiger partial charge in [0.15, 0.2) is 5.76 Å². The molecule has 0 aliphatic heterocycles. The fourth-order valence-corrected chi connectivity index (χ4v) is 4.23. The minimum Gasteiger partial charge on any atom is -0.496 e. The molecular formula is C21H20Br2N2O3. The number of nitrogens with one attached hydrogen (secondary N) is 1. The van der Waals surface area contributed by atoms with Crippen molar-refractivity contribution in [2.75, 3.05) is 7.11 Å². The number of ether oxygens (including phenoxy) is 1. The van der Waals surface area contributed by atoms with Crippen LogP contribution < -0.4 is 10.2 Å². The molecule has 0 bridgehead atoms. The smallest absolute Gasteiger partial charge is 0.307 e. The van der Waals surface area contributed by atoms with E-state index in [-0.39, 0.29) is 5.76 Å². The van der Waals surface area contributed by atoms with Gasteiger partial charge < -0.3 is 9.15 Å². The van der Waals surface area contributed by atoms with Crippen LogP contribution in [0.3, 0.4) is 0 Å². The Morgan fingerprint density at radius 2 is 1.96 bits per heavy atom. The topological polar surface area (TPSA) is 63.8 Å². The Morgan fingerprint density at radius 3 is 2.64 bits per heavy atom. The molecule has 1 N–H and O–H groups in total. The van der Waals surface area contributed by atoms with Crippen LogP contribution in [-0.4, -0.2) is 19.2 Å². The summed E-state index contributed by atoms with van der Waals surface area (Å²) in [6, 6.07) is 9.45. The van der Waals surface area contributed by atoms with Gasteiger partial charge in [0.2, 0.25) is 0 Å². The molecule has 2 aromatic carbocycles. The van der Waals surface area contributed by atoms with E-state index in [0.717, 1.165) is 36.8 Å². The molecule has 0 radical (unpaired) electrons. The molecule has 0 atom stereocenters. The molecule has 3 aromatic rings. The van der Waals surface area contributed by atoms with Crippen LogP contribution in [0.25, 0.3) is 11.0 Å². The number of methoxy groups -OCH3 is 1. The Labute approximate surface area is 180 Å². The van der Waals surface area contributed by atoms with E-state index in [1.165, 1.54) is 0 Å². The highest BCUT2D eigenvalue weighted by Crippen LogP contribution is 2.31. The summed E-state index contributed by atoms with van der Waals surface area (Å²) < 4.78 is 12.8. The van der Waals surface area contributed by atoms with Crippen molar-refractivity contribution in [1.29, 1.82) is 0 Å². The van der Waals surface area contributed by atoms with E-state index in [9.17, 15) is 4.79 Å². The van der Waals surface area contributed by atoms with Gasteiger partial charge in [-0.05, 0) is 75.8 Å². The number of fused-ring (bicyclic) bond motifs is 1. The molecule has 0 aliphatic rings. The Hall–Kier alpha value is -2.12. The molecule has 28 heavy (non-hydrogen) atoms. The maximum Gasteiger partial charge on any atom is 0.307 e. The lowest BCUT2D eigenvalue weighted by molar-refractivity contribution is 0.0929. The number of hydrogen-bond donors (Lipinski definition) is 1. The van der Waals surface area contributed by atoms with Crippen molar-refractivity contribution in [1.82, 2.24) is 5.43 Å². The number of benzene rings is 2. The standard InChI is InChI=1S/C21H20Br2N2O3/c1-11(2)16-7-14(12(3)5-18(16)27-4)10-24-25-21(26)19-8-13-6-15(22)9-17(23)20(13)28-19/h5-11H,1-4H3,(H,25,26)/b24-10-. The van der Waals surface area contributed by atoms with Crippen LogP contribution in [0.4, 0.5) is 0 Å². The summed E-state index contributed by atoms with van der Waals surface area (Å²) in [6.45, 7) is 6.19. The normalized spacial score (nSPS) is 11.5. The second-order valence-corrected chi connectivity index (χ2v) is 8.49. The van der Waals surface area contributed by atoms with Crippen molar-refractivity contribution >= 4 is 55.0 Å². The average Bonchev–Trinajstić information content (AvgIpc) is 3.06. The molecule has 0 saturated heterocycles. The Morgan fingerprint density at radius 1 is 1.21 bits per heavy atom. The Balaban J connectivity index is 1.80. The van der Waals surface area contributed by atoms with Crippen LogP contribution >= 0.6 is 31.9 Å². The summed E-state index contributed by atoms with van der Waals surface area (Å²) in [5, 5.41) is 4.92. The van der Waals surface area contributed by atoms with E-state index in [2.05, 4.69) is 56.2 Å². The predicted octanol–water partition coefficient (Wildman–Crippen LogP) is 6.16. The maximum absolute atomic E-state index is 12.4. The molecule has 0 spiro atoms. The number of furan rings is 1. The van der Waals surface area contributed by atoms with Crippen LogP contribution in [0.15, 0.2) is 48.8 Å². The van der Waals surface area contributed by atoms with Crippen molar-refractivity contribution in [3.05, 3.63) is 61.7 Å². The summed E-state index contributed by atoms with van der Waals surface area (Å²) >= 11 is 6.86. The molecule has 0 aliphatic carbocycles. The fourth-order valence-electron chi connectivity index (χ4n) is 2.89. The zero-order valence-electron chi connectivity index (χ0n) is 16.0. The molecule has 1 amide bonds. The lowest BCUT2D eigenvalue weighted by atomic mass is 9.97. The van der Waals surface area contributed by atoms with Crippen LogP contribution in [0.5, 0.6) is 5.75 Å². The van der Waals surface area contributed by atoms with E-state index >= 15 is 0 Å². The van der Waals surface area contributed by atoms with Gasteiger partial charge in [-0.2, -0.15) is 5.10 Å². The van der Waals surface area contributed by atoms with E-state index in [1.54, 1.807) is 19.4 Å². The minimum absolute atomic E-state index is 0.195. The fraction of sp³-hybridized carbons (Fsp3) is 0.238. The third kappa shape index (κ3) is 4.31. The van der Waals surface area contributed by atoms with Crippen LogP contribution in [0.1, 0.15) is 47.0 Å². The third-order valence-corrected chi connectivity index (χ3v) is 5.42. The highest BCUT2D eigenvalue weighted by molar-refractivity contribution is 9.11. The number of carbonyl (C=O) groups is 1. The SMILES string of the molecule is COc1cc(C)c(/C=N\NC(=O)c2cc3cc(Br)cc(Br)c3o2)cc1C(C)C. The van der Waals surface area contributed by atoms with Gasteiger partial charge in [0, 0.05) is 9.86 Å². The van der Waals surface area contributed by atoms with E-state index in [4.69, 9.17) is 9.15 Å². The molecule has 7 heteroatoms. The van der Waals surface area contributed by atoms with Gasteiger partial charge in [-0.15, -0.1) is 0 Å². The van der Waals surface area contributed by atoms with Crippen molar-refractivity contribution in [2.24, 2.45) is 5.10 Å². The lowest BCUT2D eigenvalue weighted by Gasteiger charge is -2.14. The van der Waals surface area contributed by atoms with Crippen molar-refractivity contribution in [2.45, 2.75) is 26.7 Å². The van der Waals surface area contributed by atoms with Crippen molar-refractivity contribution in [3.8, 4) is 5.75 Å². The number of hydrogen-bond acceptors (Lipinski definition) is 4. The molecule has 0 fully saturated rings. The number of hydrazone groups is 1. The Kier molecular flexibility index (Phi) is 6.25. The maximum atomic E-state index is 12.4. The van der Waals surface area contributed by atoms with Crippen LogP contribution in [-0.2, 0) is 0 Å². The van der Waals surface area contributed by atoms with Gasteiger partial charge in [-0.3, -0.25) is 4.79 Å². The Bertz CT molecular complexity index is 1070. The number of amides is 1. The molecule has 1 aromatic heterocycles. The highest BCUT2D eigenvalue weighted by Gasteiger charge is 2.14. The summed E-state index contributed by atoms with van der Waals surface area (Å²) in [5.74, 6) is 0.948. The number of halogens is 2. The van der Waals surface area contributed by atoms with Gasteiger partial charge in [0.1, 0.15) is 11.3 Å². The first-order valence-corrected chi connectivity index (χ1v) is 10.3. The number of carbonyl (C=O) groups excluding carboxylic acids is 1. The minimum atomic E-state index is -0.411. The van der Waals surface area contributed by atoms with E-state index in [1.807, 2.05) is 31.2 Å². The quantitative estimate of drug-likeness (QED) is 0.332. The largest absolute Gasteiger partial charge is 0.496 e.